The number of carbonyl (C=O) groups excluding carboxylic acids is 2. The summed E-state index contributed by atoms with van der Waals surface area (Å²) in [7, 11) is 3.00. The van der Waals surface area contributed by atoms with E-state index in [1.54, 1.807) is 12.1 Å². The van der Waals surface area contributed by atoms with Crippen LogP contribution in [0.4, 0.5) is 4.79 Å². The van der Waals surface area contributed by atoms with E-state index in [0.29, 0.717) is 22.0 Å². The zero-order valence-corrected chi connectivity index (χ0v) is 12.9. The first-order chi connectivity index (χ1) is 10.9. The van der Waals surface area contributed by atoms with E-state index in [4.69, 9.17) is 14.6 Å². The number of hydrogen-bond acceptors (Lipinski definition) is 5. The Morgan fingerprint density at radius 1 is 1.26 bits per heavy atom. The van der Waals surface area contributed by atoms with Crippen LogP contribution in [0.15, 0.2) is 17.8 Å². The van der Waals surface area contributed by atoms with Gasteiger partial charge in [0.05, 0.1) is 14.2 Å². The second-order valence-corrected chi connectivity index (χ2v) is 4.84. The number of carboxylic acid groups (broad SMARTS) is 1. The maximum Gasteiger partial charge on any atom is 0.329 e. The lowest BCUT2D eigenvalue weighted by Crippen LogP contribution is -2.35. The number of aliphatic carboxylic acids is 1. The number of urea groups is 1. The number of amides is 3. The zero-order valence-electron chi connectivity index (χ0n) is 12.9. The van der Waals surface area contributed by atoms with E-state index in [0.717, 1.165) is 5.56 Å². The van der Waals surface area contributed by atoms with Crippen LogP contribution in [0, 0.1) is 6.92 Å². The summed E-state index contributed by atoms with van der Waals surface area (Å²) in [6, 6.07) is 2.64. The first-order valence-electron chi connectivity index (χ1n) is 6.66. The van der Waals surface area contributed by atoms with Gasteiger partial charge in [0.25, 0.3) is 5.91 Å². The summed E-state index contributed by atoms with van der Waals surface area (Å²) in [6.45, 7) is 1.12. The van der Waals surface area contributed by atoms with Crippen LogP contribution in [0.5, 0.6) is 11.5 Å². The smallest absolute Gasteiger partial charge is 0.329 e. The van der Waals surface area contributed by atoms with Crippen LogP contribution in [0.2, 0.25) is 0 Å². The summed E-state index contributed by atoms with van der Waals surface area (Å²) in [5, 5.41) is 11.1. The van der Waals surface area contributed by atoms with Crippen LogP contribution >= 0.6 is 0 Å². The third-order valence-corrected chi connectivity index (χ3v) is 3.33. The molecule has 3 amide bonds. The first kappa shape index (κ1) is 16.3. The number of carbonyl (C=O) groups is 3. The van der Waals surface area contributed by atoms with Gasteiger partial charge in [0.15, 0.2) is 11.5 Å². The molecule has 0 atom stereocenters. The minimum Gasteiger partial charge on any atom is -0.493 e. The van der Waals surface area contributed by atoms with Gasteiger partial charge >= 0.3 is 12.0 Å². The molecular formula is C15H16N2O6. The van der Waals surface area contributed by atoms with E-state index in [1.807, 2.05) is 6.92 Å². The highest BCUT2D eigenvalue weighted by Crippen LogP contribution is 2.31. The number of nitrogens with zero attached hydrogens (tertiary/aromatic N) is 1. The lowest BCUT2D eigenvalue weighted by molar-refractivity contribution is -0.140. The highest BCUT2D eigenvalue weighted by Gasteiger charge is 2.34. The van der Waals surface area contributed by atoms with E-state index in [-0.39, 0.29) is 5.70 Å². The Labute approximate surface area is 132 Å². The number of aryl methyl sites for hydroxylation is 1. The molecule has 122 valence electrons. The van der Waals surface area contributed by atoms with Gasteiger partial charge in [-0.25, -0.2) is 9.69 Å². The standard InChI is InChI=1S/C15H16N2O6/c1-8-4-11(22-2)12(23-3)6-9(8)5-10-14(20)17(7-13(18)19)15(21)16-10/h4-6H,7H2,1-3H3,(H,16,21)(H,18,19)/b10-5+. The molecule has 1 aliphatic rings. The highest BCUT2D eigenvalue weighted by atomic mass is 16.5. The molecule has 8 heteroatoms. The molecule has 2 rings (SSSR count). The van der Waals surface area contributed by atoms with Crippen LogP contribution in [0.25, 0.3) is 6.08 Å². The average Bonchev–Trinajstić information content (AvgIpc) is 2.76. The largest absolute Gasteiger partial charge is 0.493 e. The molecule has 0 bridgehead atoms. The van der Waals surface area contributed by atoms with Gasteiger partial charge in [-0.15, -0.1) is 0 Å². The van der Waals surface area contributed by atoms with Gasteiger partial charge in [-0.1, -0.05) is 0 Å². The normalized spacial score (nSPS) is 15.8. The van der Waals surface area contributed by atoms with Gasteiger partial charge < -0.3 is 19.9 Å². The maximum absolute atomic E-state index is 12.1. The van der Waals surface area contributed by atoms with Gasteiger partial charge in [0.2, 0.25) is 0 Å². The minimum absolute atomic E-state index is 0.00608. The molecule has 1 aromatic rings. The predicted octanol–water partition coefficient (Wildman–Crippen LogP) is 0.990. The summed E-state index contributed by atoms with van der Waals surface area (Å²) >= 11 is 0. The first-order valence-corrected chi connectivity index (χ1v) is 6.66. The predicted molar refractivity (Wildman–Crippen MR) is 80.1 cm³/mol. The number of benzene rings is 1. The monoisotopic (exact) mass is 320 g/mol. The third kappa shape index (κ3) is 3.25. The van der Waals surface area contributed by atoms with Gasteiger partial charge in [-0.2, -0.15) is 0 Å². The maximum atomic E-state index is 12.1. The van der Waals surface area contributed by atoms with Crippen molar-refractivity contribution in [1.29, 1.82) is 0 Å². The Balaban J connectivity index is 2.37. The molecular weight excluding hydrogens is 304 g/mol. The summed E-state index contributed by atoms with van der Waals surface area (Å²) in [4.78, 5) is 35.1. The minimum atomic E-state index is -1.27. The molecule has 23 heavy (non-hydrogen) atoms. The summed E-state index contributed by atoms with van der Waals surface area (Å²) in [6.07, 6.45) is 1.47. The number of carboxylic acids is 1. The van der Waals surface area contributed by atoms with E-state index in [2.05, 4.69) is 5.32 Å². The molecule has 1 aromatic carbocycles. The molecule has 1 saturated heterocycles. The van der Waals surface area contributed by atoms with Gasteiger partial charge in [-0.05, 0) is 36.3 Å². The van der Waals surface area contributed by atoms with Crippen molar-refractivity contribution in [2.45, 2.75) is 6.92 Å². The number of nitrogens with one attached hydrogen (secondary N) is 1. The Morgan fingerprint density at radius 2 is 1.87 bits per heavy atom. The zero-order chi connectivity index (χ0) is 17.1. The fraction of sp³-hybridized carbons (Fsp3) is 0.267. The van der Waals surface area contributed by atoms with E-state index >= 15 is 0 Å². The Hall–Kier alpha value is -3.03. The van der Waals surface area contributed by atoms with Crippen molar-refractivity contribution in [1.82, 2.24) is 10.2 Å². The van der Waals surface area contributed by atoms with Crippen LogP contribution in [0.3, 0.4) is 0 Å². The van der Waals surface area contributed by atoms with Crippen LogP contribution < -0.4 is 14.8 Å². The molecule has 1 fully saturated rings. The van der Waals surface area contributed by atoms with Crippen molar-refractivity contribution >= 4 is 24.0 Å². The van der Waals surface area contributed by atoms with Crippen molar-refractivity contribution in [3.05, 3.63) is 29.0 Å². The molecule has 0 radical (unpaired) electrons. The summed E-state index contributed by atoms with van der Waals surface area (Å²) in [5.74, 6) is -0.936. The van der Waals surface area contributed by atoms with Crippen LogP contribution in [-0.2, 0) is 9.59 Å². The molecule has 8 nitrogen and oxygen atoms in total. The fourth-order valence-electron chi connectivity index (χ4n) is 2.16. The van der Waals surface area contributed by atoms with Crippen molar-refractivity contribution < 1.29 is 29.0 Å². The quantitative estimate of drug-likeness (QED) is 0.619. The summed E-state index contributed by atoms with van der Waals surface area (Å²) in [5.41, 5.74) is 1.45. The van der Waals surface area contributed by atoms with Crippen molar-refractivity contribution in [3.63, 3.8) is 0 Å². The SMILES string of the molecule is COc1cc(C)c(/C=C2/NC(=O)N(CC(=O)O)C2=O)cc1OC. The highest BCUT2D eigenvalue weighted by molar-refractivity contribution is 6.15. The number of imide groups is 1. The molecule has 0 spiro atoms. The molecule has 1 aliphatic heterocycles. The van der Waals surface area contributed by atoms with Crippen molar-refractivity contribution in [3.8, 4) is 11.5 Å². The van der Waals surface area contributed by atoms with Gasteiger partial charge in [0.1, 0.15) is 12.2 Å². The number of hydrogen-bond donors (Lipinski definition) is 2. The second kappa shape index (κ2) is 6.39. The third-order valence-electron chi connectivity index (χ3n) is 3.33. The Bertz CT molecular complexity index is 710. The topological polar surface area (TPSA) is 105 Å². The van der Waals surface area contributed by atoms with Crippen molar-refractivity contribution in [2.24, 2.45) is 0 Å². The lowest BCUT2D eigenvalue weighted by Gasteiger charge is -2.11. The van der Waals surface area contributed by atoms with Gasteiger partial charge in [0, 0.05) is 0 Å². The molecule has 1 heterocycles. The molecule has 0 aromatic heterocycles. The Kier molecular flexibility index (Phi) is 4.54. The van der Waals surface area contributed by atoms with E-state index in [9.17, 15) is 14.4 Å². The lowest BCUT2D eigenvalue weighted by atomic mass is 10.1. The van der Waals surface area contributed by atoms with E-state index < -0.39 is 24.5 Å². The van der Waals surface area contributed by atoms with E-state index in [1.165, 1.54) is 20.3 Å². The number of rotatable bonds is 5. The second-order valence-electron chi connectivity index (χ2n) is 4.84. The van der Waals surface area contributed by atoms with Crippen LogP contribution in [0.1, 0.15) is 11.1 Å². The molecule has 2 N–H and O–H groups in total. The number of methoxy groups -OCH3 is 2. The number of ether oxygens (including phenoxy) is 2. The molecule has 0 saturated carbocycles. The Morgan fingerprint density at radius 3 is 2.43 bits per heavy atom. The van der Waals surface area contributed by atoms with Gasteiger partial charge in [-0.3, -0.25) is 9.59 Å². The molecule has 0 aliphatic carbocycles. The van der Waals surface area contributed by atoms with Crippen molar-refractivity contribution in [2.75, 3.05) is 20.8 Å². The fourth-order valence-corrected chi connectivity index (χ4v) is 2.16. The summed E-state index contributed by atoms with van der Waals surface area (Å²) < 4.78 is 10.4. The molecule has 0 unspecified atom stereocenters. The van der Waals surface area contributed by atoms with Crippen LogP contribution in [-0.4, -0.2) is 48.7 Å². The average molecular weight is 320 g/mol.